The number of aliphatic imine (C=N–C) groups is 1. The molecule has 1 saturated heterocycles. The van der Waals surface area contributed by atoms with Crippen LogP contribution >= 0.6 is 0 Å². The Kier molecular flexibility index (Phi) is 7.37. The van der Waals surface area contributed by atoms with E-state index in [-0.39, 0.29) is 0 Å². The summed E-state index contributed by atoms with van der Waals surface area (Å²) in [4.78, 5) is 7.32. The number of rotatable bonds is 8. The average Bonchev–Trinajstić information content (AvgIpc) is 3.38. The number of methoxy groups -OCH3 is 1. The topological polar surface area (TPSA) is 53.8 Å². The lowest BCUT2D eigenvalue weighted by Crippen LogP contribution is -2.42. The van der Waals surface area contributed by atoms with Gasteiger partial charge in [-0.25, -0.2) is 4.99 Å². The molecule has 0 aliphatic carbocycles. The van der Waals surface area contributed by atoms with Gasteiger partial charge in [0.1, 0.15) is 5.75 Å². The van der Waals surface area contributed by atoms with Crippen LogP contribution in [0.15, 0.2) is 47.7 Å². The summed E-state index contributed by atoms with van der Waals surface area (Å²) in [6.07, 6.45) is 6.69. The van der Waals surface area contributed by atoms with E-state index in [1.807, 2.05) is 13.1 Å². The Labute approximate surface area is 168 Å². The second kappa shape index (κ2) is 10.2. The predicted octanol–water partition coefficient (Wildman–Crippen LogP) is 2.93. The Hall–Kier alpha value is -2.47. The Balaban J connectivity index is 1.70. The van der Waals surface area contributed by atoms with Crippen molar-refractivity contribution in [3.05, 3.63) is 53.9 Å². The van der Waals surface area contributed by atoms with E-state index in [4.69, 9.17) is 9.73 Å². The molecule has 0 spiro atoms. The van der Waals surface area contributed by atoms with Crippen LogP contribution in [0, 0.1) is 0 Å². The molecule has 1 atom stereocenters. The van der Waals surface area contributed by atoms with E-state index in [0.717, 1.165) is 37.9 Å². The number of likely N-dealkylation sites (tertiary alicyclic amines) is 1. The van der Waals surface area contributed by atoms with Crippen molar-refractivity contribution in [1.82, 2.24) is 20.1 Å². The normalized spacial score (nSPS) is 16.2. The molecule has 1 aliphatic heterocycles. The van der Waals surface area contributed by atoms with E-state index < -0.39 is 0 Å². The van der Waals surface area contributed by atoms with Gasteiger partial charge < -0.3 is 19.9 Å². The summed E-state index contributed by atoms with van der Waals surface area (Å²) in [7, 11) is 3.76. The van der Waals surface area contributed by atoms with Gasteiger partial charge in [0, 0.05) is 32.5 Å². The standard InChI is InChI=1S/C22H33N5O/c1-4-23-22(24-15-18-10-13-26(2)17-18)25-16-21(27-11-5-6-12-27)19-8-7-9-20(14-19)28-3/h7-10,13-14,17,21H,4-6,11-12,15-16H2,1-3H3,(H2,23,24,25). The zero-order valence-corrected chi connectivity index (χ0v) is 17.3. The van der Waals surface area contributed by atoms with Crippen LogP contribution < -0.4 is 15.4 Å². The molecule has 2 heterocycles. The number of ether oxygens (including phenoxy) is 1. The number of guanidine groups is 1. The second-order valence-corrected chi connectivity index (χ2v) is 7.30. The number of hydrogen-bond donors (Lipinski definition) is 2. The summed E-state index contributed by atoms with van der Waals surface area (Å²) >= 11 is 0. The van der Waals surface area contributed by atoms with Crippen molar-refractivity contribution in [2.45, 2.75) is 32.4 Å². The molecule has 0 saturated carbocycles. The molecule has 1 aliphatic rings. The minimum Gasteiger partial charge on any atom is -0.497 e. The molecular formula is C22H33N5O. The third-order valence-corrected chi connectivity index (χ3v) is 5.18. The van der Waals surface area contributed by atoms with E-state index >= 15 is 0 Å². The van der Waals surface area contributed by atoms with Crippen molar-refractivity contribution in [2.75, 3.05) is 33.3 Å². The van der Waals surface area contributed by atoms with E-state index in [2.05, 4.69) is 63.7 Å². The van der Waals surface area contributed by atoms with Crippen LogP contribution in [0.3, 0.4) is 0 Å². The quantitative estimate of drug-likeness (QED) is 0.544. The van der Waals surface area contributed by atoms with Crippen molar-refractivity contribution in [3.8, 4) is 5.75 Å². The average molecular weight is 384 g/mol. The van der Waals surface area contributed by atoms with Crippen molar-refractivity contribution in [3.63, 3.8) is 0 Å². The summed E-state index contributed by atoms with van der Waals surface area (Å²) in [5.74, 6) is 1.77. The Morgan fingerprint density at radius 1 is 1.21 bits per heavy atom. The maximum Gasteiger partial charge on any atom is 0.191 e. The first kappa shape index (κ1) is 20.3. The predicted molar refractivity (Wildman–Crippen MR) is 115 cm³/mol. The number of nitrogens with one attached hydrogen (secondary N) is 2. The zero-order chi connectivity index (χ0) is 19.8. The van der Waals surface area contributed by atoms with Gasteiger partial charge in [0.2, 0.25) is 0 Å². The van der Waals surface area contributed by atoms with Crippen molar-refractivity contribution in [1.29, 1.82) is 0 Å². The molecule has 3 rings (SSSR count). The maximum absolute atomic E-state index is 5.44. The van der Waals surface area contributed by atoms with Gasteiger partial charge in [0.15, 0.2) is 5.96 Å². The molecule has 0 radical (unpaired) electrons. The van der Waals surface area contributed by atoms with Gasteiger partial charge in [-0.3, -0.25) is 4.90 Å². The highest BCUT2D eigenvalue weighted by molar-refractivity contribution is 5.79. The first-order chi connectivity index (χ1) is 13.7. The largest absolute Gasteiger partial charge is 0.497 e. The van der Waals surface area contributed by atoms with E-state index in [1.54, 1.807) is 7.11 Å². The second-order valence-electron chi connectivity index (χ2n) is 7.30. The molecule has 2 N–H and O–H groups in total. The molecule has 6 nitrogen and oxygen atoms in total. The molecular weight excluding hydrogens is 350 g/mol. The summed E-state index contributed by atoms with van der Waals surface area (Å²) < 4.78 is 7.50. The molecule has 1 fully saturated rings. The van der Waals surface area contributed by atoms with Gasteiger partial charge in [0.25, 0.3) is 0 Å². The van der Waals surface area contributed by atoms with E-state index in [0.29, 0.717) is 12.6 Å². The van der Waals surface area contributed by atoms with Crippen LogP contribution in [-0.4, -0.2) is 48.7 Å². The smallest absolute Gasteiger partial charge is 0.191 e. The molecule has 0 bridgehead atoms. The fourth-order valence-electron chi connectivity index (χ4n) is 3.72. The van der Waals surface area contributed by atoms with E-state index in [9.17, 15) is 0 Å². The zero-order valence-electron chi connectivity index (χ0n) is 17.3. The Morgan fingerprint density at radius 3 is 2.71 bits per heavy atom. The van der Waals surface area contributed by atoms with Crippen molar-refractivity contribution >= 4 is 5.96 Å². The lowest BCUT2D eigenvalue weighted by atomic mass is 10.1. The highest BCUT2D eigenvalue weighted by Gasteiger charge is 2.24. The van der Waals surface area contributed by atoms with Gasteiger partial charge in [-0.15, -0.1) is 0 Å². The van der Waals surface area contributed by atoms with Gasteiger partial charge in [-0.1, -0.05) is 12.1 Å². The maximum atomic E-state index is 5.44. The molecule has 152 valence electrons. The molecule has 2 aromatic rings. The molecule has 1 unspecified atom stereocenters. The number of hydrogen-bond acceptors (Lipinski definition) is 3. The van der Waals surface area contributed by atoms with E-state index in [1.165, 1.54) is 24.0 Å². The summed E-state index contributed by atoms with van der Waals surface area (Å²) in [5.41, 5.74) is 2.50. The first-order valence-electron chi connectivity index (χ1n) is 10.2. The van der Waals surface area contributed by atoms with Gasteiger partial charge in [0.05, 0.1) is 19.7 Å². The third-order valence-electron chi connectivity index (χ3n) is 5.18. The molecule has 1 aromatic heterocycles. The minimum atomic E-state index is 0.304. The van der Waals surface area contributed by atoms with Crippen LogP contribution in [0.25, 0.3) is 0 Å². The van der Waals surface area contributed by atoms with Crippen molar-refractivity contribution in [2.24, 2.45) is 12.0 Å². The van der Waals surface area contributed by atoms with Crippen molar-refractivity contribution < 1.29 is 4.74 Å². The summed E-state index contributed by atoms with van der Waals surface area (Å²) in [6, 6.07) is 10.8. The fourth-order valence-corrected chi connectivity index (χ4v) is 3.72. The Morgan fingerprint density at radius 2 is 2.04 bits per heavy atom. The van der Waals surface area contributed by atoms with Crippen LogP contribution in [0.5, 0.6) is 5.75 Å². The third kappa shape index (κ3) is 5.52. The Bertz CT molecular complexity index is 764. The molecule has 28 heavy (non-hydrogen) atoms. The first-order valence-corrected chi connectivity index (χ1v) is 10.2. The fraction of sp³-hybridized carbons (Fsp3) is 0.500. The summed E-state index contributed by atoms with van der Waals surface area (Å²) in [5, 5.41) is 6.93. The number of aromatic nitrogens is 1. The van der Waals surface area contributed by atoms with Crippen LogP contribution in [0.2, 0.25) is 0 Å². The SMILES string of the molecule is CCNC(=NCc1ccn(C)c1)NCC(c1cccc(OC)c1)N1CCCC1. The van der Waals surface area contributed by atoms with Gasteiger partial charge in [-0.2, -0.15) is 0 Å². The number of nitrogens with zero attached hydrogens (tertiary/aromatic N) is 3. The van der Waals surface area contributed by atoms with Gasteiger partial charge in [-0.05, 0) is 62.2 Å². The minimum absolute atomic E-state index is 0.304. The highest BCUT2D eigenvalue weighted by atomic mass is 16.5. The lowest BCUT2D eigenvalue weighted by molar-refractivity contribution is 0.245. The van der Waals surface area contributed by atoms with Crippen LogP contribution in [0.4, 0.5) is 0 Å². The monoisotopic (exact) mass is 383 g/mol. The van der Waals surface area contributed by atoms with Gasteiger partial charge >= 0.3 is 0 Å². The van der Waals surface area contributed by atoms with Crippen LogP contribution in [0.1, 0.15) is 36.9 Å². The lowest BCUT2D eigenvalue weighted by Gasteiger charge is -2.29. The summed E-state index contributed by atoms with van der Waals surface area (Å²) in [6.45, 7) is 6.70. The number of aryl methyl sites for hydroxylation is 1. The number of benzene rings is 1. The van der Waals surface area contributed by atoms with Crippen LogP contribution in [-0.2, 0) is 13.6 Å². The molecule has 1 aromatic carbocycles. The highest BCUT2D eigenvalue weighted by Crippen LogP contribution is 2.27. The molecule has 6 heteroatoms. The molecule has 0 amide bonds.